The minimum atomic E-state index is 0.0634. The molecule has 0 unspecified atom stereocenters. The van der Waals surface area contributed by atoms with Crippen LogP contribution in [0, 0.1) is 0 Å². The summed E-state index contributed by atoms with van der Waals surface area (Å²) in [5, 5.41) is 0. The molecule has 3 nitrogen and oxygen atoms in total. The number of Topliss-reactive ketones (excluding diaryl/α,β-unsaturated/α-hetero) is 1. The third-order valence-corrected chi connectivity index (χ3v) is 3.90. The third-order valence-electron chi connectivity index (χ3n) is 2.86. The van der Waals surface area contributed by atoms with Gasteiger partial charge in [-0.1, -0.05) is 19.1 Å². The van der Waals surface area contributed by atoms with Crippen molar-refractivity contribution in [2.75, 3.05) is 17.2 Å². The van der Waals surface area contributed by atoms with Crippen LogP contribution in [0.15, 0.2) is 35.7 Å². The maximum Gasteiger partial charge on any atom is 0.237 e. The first-order valence-electron chi connectivity index (χ1n) is 5.88. The Morgan fingerprint density at radius 1 is 1.56 bits per heavy atom. The number of fused-ring (bicyclic) bond motifs is 1. The topological polar surface area (TPSA) is 37.4 Å². The zero-order valence-electron chi connectivity index (χ0n) is 10.3. The van der Waals surface area contributed by atoms with Gasteiger partial charge in [0.1, 0.15) is 0 Å². The van der Waals surface area contributed by atoms with E-state index >= 15 is 0 Å². The summed E-state index contributed by atoms with van der Waals surface area (Å²) in [5.74, 6) is 0.606. The van der Waals surface area contributed by atoms with E-state index in [4.69, 9.17) is 0 Å². The molecule has 0 fully saturated rings. The lowest BCUT2D eigenvalue weighted by Crippen LogP contribution is -2.35. The maximum absolute atomic E-state index is 11.9. The highest BCUT2D eigenvalue weighted by molar-refractivity contribution is 8.00. The number of anilines is 1. The number of thioether (sulfide) groups is 1. The van der Waals surface area contributed by atoms with Gasteiger partial charge in [-0.25, -0.2) is 0 Å². The highest BCUT2D eigenvalue weighted by atomic mass is 32.2. The SMILES string of the molecule is C=CCN1C(=O)CSc2ccc(C(=O)CC)cc21. The average Bonchev–Trinajstić information content (AvgIpc) is 2.40. The predicted molar refractivity (Wildman–Crippen MR) is 74.3 cm³/mol. The van der Waals surface area contributed by atoms with Crippen molar-refractivity contribution in [2.45, 2.75) is 18.2 Å². The molecule has 18 heavy (non-hydrogen) atoms. The Kier molecular flexibility index (Phi) is 3.87. The molecule has 0 N–H and O–H groups in total. The number of nitrogens with zero attached hydrogens (tertiary/aromatic N) is 1. The molecule has 2 rings (SSSR count). The molecule has 0 aliphatic carbocycles. The van der Waals surface area contributed by atoms with Gasteiger partial charge in [-0.05, 0) is 12.1 Å². The summed E-state index contributed by atoms with van der Waals surface area (Å²) in [5.41, 5.74) is 1.50. The Balaban J connectivity index is 2.44. The second-order valence-electron chi connectivity index (χ2n) is 4.04. The standard InChI is InChI=1S/C14H15NO2S/c1-3-7-15-11-8-10(12(16)4-2)5-6-13(11)18-9-14(15)17/h3,5-6,8H,1,4,7,9H2,2H3. The molecule has 0 spiro atoms. The van der Waals surface area contributed by atoms with Gasteiger partial charge in [-0.3, -0.25) is 9.59 Å². The van der Waals surface area contributed by atoms with Crippen LogP contribution in [0.3, 0.4) is 0 Å². The van der Waals surface area contributed by atoms with Gasteiger partial charge in [0, 0.05) is 23.4 Å². The van der Waals surface area contributed by atoms with Crippen LogP contribution in [-0.2, 0) is 4.79 Å². The number of benzene rings is 1. The average molecular weight is 261 g/mol. The van der Waals surface area contributed by atoms with E-state index < -0.39 is 0 Å². The van der Waals surface area contributed by atoms with Crippen LogP contribution in [0.5, 0.6) is 0 Å². The van der Waals surface area contributed by atoms with Crippen molar-refractivity contribution in [1.82, 2.24) is 0 Å². The Labute approximate surface area is 111 Å². The van der Waals surface area contributed by atoms with Crippen molar-refractivity contribution in [2.24, 2.45) is 0 Å². The molecule has 0 saturated heterocycles. The quantitative estimate of drug-likeness (QED) is 0.618. The summed E-state index contributed by atoms with van der Waals surface area (Å²) in [4.78, 5) is 26.3. The van der Waals surface area contributed by atoms with Gasteiger partial charge in [0.15, 0.2) is 5.78 Å². The summed E-state index contributed by atoms with van der Waals surface area (Å²) in [6.07, 6.45) is 2.17. The van der Waals surface area contributed by atoms with Crippen LogP contribution < -0.4 is 4.90 Å². The van der Waals surface area contributed by atoms with E-state index in [1.807, 2.05) is 25.1 Å². The molecule has 4 heteroatoms. The van der Waals surface area contributed by atoms with Gasteiger partial charge < -0.3 is 4.90 Å². The summed E-state index contributed by atoms with van der Waals surface area (Å²) >= 11 is 1.52. The van der Waals surface area contributed by atoms with Crippen LogP contribution in [0.2, 0.25) is 0 Å². The minimum absolute atomic E-state index is 0.0634. The van der Waals surface area contributed by atoms with E-state index in [9.17, 15) is 9.59 Å². The zero-order chi connectivity index (χ0) is 13.1. The molecule has 1 aliphatic rings. The molecule has 1 aliphatic heterocycles. The molecular formula is C14H15NO2S. The maximum atomic E-state index is 11.9. The normalized spacial score (nSPS) is 14.3. The molecule has 1 amide bonds. The molecule has 0 aromatic heterocycles. The first kappa shape index (κ1) is 12.9. The number of amides is 1. The highest BCUT2D eigenvalue weighted by Gasteiger charge is 2.24. The smallest absolute Gasteiger partial charge is 0.237 e. The molecule has 1 aromatic carbocycles. The summed E-state index contributed by atoms with van der Waals surface area (Å²) in [6, 6.07) is 5.57. The Morgan fingerprint density at radius 3 is 3.00 bits per heavy atom. The van der Waals surface area contributed by atoms with Crippen LogP contribution in [0.25, 0.3) is 0 Å². The Bertz CT molecular complexity index is 511. The van der Waals surface area contributed by atoms with Crippen LogP contribution in [-0.4, -0.2) is 24.0 Å². The zero-order valence-corrected chi connectivity index (χ0v) is 11.1. The first-order chi connectivity index (χ1) is 8.67. The number of carbonyl (C=O) groups excluding carboxylic acids is 2. The third kappa shape index (κ3) is 2.34. The van der Waals surface area contributed by atoms with Crippen molar-refractivity contribution in [1.29, 1.82) is 0 Å². The van der Waals surface area contributed by atoms with Crippen LogP contribution in [0.4, 0.5) is 5.69 Å². The lowest BCUT2D eigenvalue weighted by atomic mass is 10.1. The molecule has 0 saturated carbocycles. The molecule has 0 atom stereocenters. The lowest BCUT2D eigenvalue weighted by Gasteiger charge is -2.28. The predicted octanol–water partition coefficient (Wildman–Crippen LogP) is 2.90. The van der Waals surface area contributed by atoms with Crippen molar-refractivity contribution < 1.29 is 9.59 Å². The van der Waals surface area contributed by atoms with Crippen molar-refractivity contribution in [3.05, 3.63) is 36.4 Å². The fourth-order valence-electron chi connectivity index (χ4n) is 1.91. The molecular weight excluding hydrogens is 246 g/mol. The fraction of sp³-hybridized carbons (Fsp3) is 0.286. The number of rotatable bonds is 4. The van der Waals surface area contributed by atoms with Gasteiger partial charge in [0.2, 0.25) is 5.91 Å². The van der Waals surface area contributed by atoms with Crippen molar-refractivity contribution >= 4 is 29.1 Å². The van der Waals surface area contributed by atoms with E-state index in [-0.39, 0.29) is 11.7 Å². The van der Waals surface area contributed by atoms with Crippen LogP contribution in [0.1, 0.15) is 23.7 Å². The summed E-state index contributed by atoms with van der Waals surface area (Å²) in [6.45, 7) is 5.99. The van der Waals surface area contributed by atoms with E-state index in [1.54, 1.807) is 11.0 Å². The lowest BCUT2D eigenvalue weighted by molar-refractivity contribution is -0.116. The number of ketones is 1. The highest BCUT2D eigenvalue weighted by Crippen LogP contribution is 2.36. The number of carbonyl (C=O) groups is 2. The fourth-order valence-corrected chi connectivity index (χ4v) is 2.83. The largest absolute Gasteiger partial charge is 0.307 e. The van der Waals surface area contributed by atoms with E-state index in [0.29, 0.717) is 24.3 Å². The second-order valence-corrected chi connectivity index (χ2v) is 5.06. The monoisotopic (exact) mass is 261 g/mol. The van der Waals surface area contributed by atoms with E-state index in [2.05, 4.69) is 6.58 Å². The second kappa shape index (κ2) is 5.40. The van der Waals surface area contributed by atoms with E-state index in [1.165, 1.54) is 11.8 Å². The molecule has 0 radical (unpaired) electrons. The van der Waals surface area contributed by atoms with Crippen molar-refractivity contribution in [3.8, 4) is 0 Å². The molecule has 1 aromatic rings. The Hall–Kier alpha value is -1.55. The van der Waals surface area contributed by atoms with Gasteiger partial charge in [-0.2, -0.15) is 0 Å². The number of hydrogen-bond acceptors (Lipinski definition) is 3. The number of hydrogen-bond donors (Lipinski definition) is 0. The summed E-state index contributed by atoms with van der Waals surface area (Å²) < 4.78 is 0. The Morgan fingerprint density at radius 2 is 2.33 bits per heavy atom. The minimum Gasteiger partial charge on any atom is -0.307 e. The van der Waals surface area contributed by atoms with Gasteiger partial charge >= 0.3 is 0 Å². The van der Waals surface area contributed by atoms with Crippen LogP contribution >= 0.6 is 11.8 Å². The first-order valence-corrected chi connectivity index (χ1v) is 6.87. The molecule has 0 bridgehead atoms. The molecule has 1 heterocycles. The van der Waals surface area contributed by atoms with Gasteiger partial charge in [0.05, 0.1) is 11.4 Å². The molecule has 94 valence electrons. The van der Waals surface area contributed by atoms with Gasteiger partial charge in [0.25, 0.3) is 0 Å². The van der Waals surface area contributed by atoms with Gasteiger partial charge in [-0.15, -0.1) is 18.3 Å². The summed E-state index contributed by atoms with van der Waals surface area (Å²) in [7, 11) is 0. The van der Waals surface area contributed by atoms with E-state index in [0.717, 1.165) is 10.6 Å². The van der Waals surface area contributed by atoms with Crippen molar-refractivity contribution in [3.63, 3.8) is 0 Å².